The molecule has 5 nitrogen and oxygen atoms in total. The van der Waals surface area contributed by atoms with Crippen LogP contribution in [-0.2, 0) is 4.79 Å². The molecule has 1 aliphatic rings. The number of nitriles is 1. The van der Waals surface area contributed by atoms with Gasteiger partial charge in [0.1, 0.15) is 29.1 Å². The molecular formula is C20H17FN2O3. The van der Waals surface area contributed by atoms with Crippen LogP contribution in [0.1, 0.15) is 19.3 Å². The Hall–Kier alpha value is -3.33. The van der Waals surface area contributed by atoms with Gasteiger partial charge in [-0.2, -0.15) is 5.26 Å². The van der Waals surface area contributed by atoms with Crippen molar-refractivity contribution in [3.05, 3.63) is 65.7 Å². The normalized spacial score (nSPS) is 14.6. The first-order valence-electron chi connectivity index (χ1n) is 8.25. The Morgan fingerprint density at radius 2 is 1.69 bits per heavy atom. The van der Waals surface area contributed by atoms with Crippen LogP contribution in [0.15, 0.2) is 59.9 Å². The summed E-state index contributed by atoms with van der Waals surface area (Å²) in [7, 11) is 0. The highest BCUT2D eigenvalue weighted by Crippen LogP contribution is 2.33. The van der Waals surface area contributed by atoms with Gasteiger partial charge in [-0.15, -0.1) is 0 Å². The molecule has 0 bridgehead atoms. The van der Waals surface area contributed by atoms with Crippen LogP contribution >= 0.6 is 0 Å². The minimum Gasteiger partial charge on any atom is -0.510 e. The van der Waals surface area contributed by atoms with Gasteiger partial charge in [-0.1, -0.05) is 6.42 Å². The SMILES string of the molecule is N#C/C(C(=O)Nc1ccc(Oc2ccc(F)cc2)cc1)=C(/O)C1CCC1. The second kappa shape index (κ2) is 7.70. The predicted octanol–water partition coefficient (Wildman–Crippen LogP) is 4.69. The van der Waals surface area contributed by atoms with E-state index in [2.05, 4.69) is 5.32 Å². The van der Waals surface area contributed by atoms with Crippen LogP contribution in [-0.4, -0.2) is 11.0 Å². The highest BCUT2D eigenvalue weighted by atomic mass is 19.1. The van der Waals surface area contributed by atoms with E-state index >= 15 is 0 Å². The van der Waals surface area contributed by atoms with Crippen LogP contribution in [0.5, 0.6) is 11.5 Å². The van der Waals surface area contributed by atoms with Gasteiger partial charge in [-0.3, -0.25) is 4.79 Å². The molecule has 26 heavy (non-hydrogen) atoms. The lowest BCUT2D eigenvalue weighted by Gasteiger charge is -2.25. The molecule has 0 heterocycles. The summed E-state index contributed by atoms with van der Waals surface area (Å²) < 4.78 is 18.5. The number of allylic oxidation sites excluding steroid dienone is 1. The molecule has 2 aromatic carbocycles. The number of benzene rings is 2. The van der Waals surface area contributed by atoms with Crippen LogP contribution in [0, 0.1) is 23.1 Å². The van der Waals surface area contributed by atoms with Crippen molar-refractivity contribution < 1.29 is 19.0 Å². The Morgan fingerprint density at radius 1 is 1.12 bits per heavy atom. The van der Waals surface area contributed by atoms with Gasteiger partial charge in [0, 0.05) is 11.6 Å². The molecule has 0 radical (unpaired) electrons. The van der Waals surface area contributed by atoms with E-state index in [9.17, 15) is 14.3 Å². The van der Waals surface area contributed by atoms with Crippen molar-refractivity contribution in [3.63, 3.8) is 0 Å². The molecule has 6 heteroatoms. The molecule has 1 fully saturated rings. The molecule has 2 aromatic rings. The highest BCUT2D eigenvalue weighted by Gasteiger charge is 2.27. The molecule has 1 saturated carbocycles. The fourth-order valence-electron chi connectivity index (χ4n) is 2.55. The lowest BCUT2D eigenvalue weighted by Crippen LogP contribution is -2.21. The van der Waals surface area contributed by atoms with Crippen molar-refractivity contribution in [2.45, 2.75) is 19.3 Å². The molecular weight excluding hydrogens is 335 g/mol. The topological polar surface area (TPSA) is 82.4 Å². The molecule has 1 aliphatic carbocycles. The van der Waals surface area contributed by atoms with Crippen LogP contribution in [0.4, 0.5) is 10.1 Å². The molecule has 0 aromatic heterocycles. The first-order chi connectivity index (χ1) is 12.6. The third-order valence-corrected chi connectivity index (χ3v) is 4.25. The van der Waals surface area contributed by atoms with Crippen LogP contribution in [0.25, 0.3) is 0 Å². The molecule has 0 saturated heterocycles. The van der Waals surface area contributed by atoms with Crippen molar-refractivity contribution >= 4 is 11.6 Å². The van der Waals surface area contributed by atoms with E-state index in [1.54, 1.807) is 30.3 Å². The third kappa shape index (κ3) is 4.01. The predicted molar refractivity (Wildman–Crippen MR) is 94.2 cm³/mol. The number of aliphatic hydroxyl groups is 1. The number of ether oxygens (including phenoxy) is 1. The Bertz CT molecular complexity index is 863. The van der Waals surface area contributed by atoms with Gasteiger partial charge in [-0.05, 0) is 61.4 Å². The van der Waals surface area contributed by atoms with Gasteiger partial charge in [0.25, 0.3) is 5.91 Å². The molecule has 0 unspecified atom stereocenters. The largest absolute Gasteiger partial charge is 0.510 e. The quantitative estimate of drug-likeness (QED) is 0.464. The van der Waals surface area contributed by atoms with Crippen molar-refractivity contribution in [2.24, 2.45) is 5.92 Å². The number of rotatable bonds is 5. The van der Waals surface area contributed by atoms with E-state index < -0.39 is 5.91 Å². The molecule has 3 rings (SSSR count). The zero-order valence-corrected chi connectivity index (χ0v) is 13.9. The van der Waals surface area contributed by atoms with Gasteiger partial charge in [0.2, 0.25) is 0 Å². The number of nitrogens with zero attached hydrogens (tertiary/aromatic N) is 1. The summed E-state index contributed by atoms with van der Waals surface area (Å²) in [6, 6.07) is 13.9. The Kier molecular flexibility index (Phi) is 5.18. The lowest BCUT2D eigenvalue weighted by molar-refractivity contribution is -0.112. The maximum Gasteiger partial charge on any atom is 0.269 e. The van der Waals surface area contributed by atoms with E-state index in [0.29, 0.717) is 17.2 Å². The maximum absolute atomic E-state index is 12.9. The number of hydrogen-bond donors (Lipinski definition) is 2. The van der Waals surface area contributed by atoms with Crippen molar-refractivity contribution in [1.82, 2.24) is 0 Å². The van der Waals surface area contributed by atoms with E-state index in [-0.39, 0.29) is 23.1 Å². The average Bonchev–Trinajstić information content (AvgIpc) is 2.58. The van der Waals surface area contributed by atoms with Crippen LogP contribution in [0.3, 0.4) is 0 Å². The van der Waals surface area contributed by atoms with Crippen molar-refractivity contribution in [1.29, 1.82) is 5.26 Å². The standard InChI is InChI=1S/C20H17FN2O3/c21-14-4-8-16(9-5-14)26-17-10-6-15(7-11-17)23-20(25)18(12-22)19(24)13-2-1-3-13/h4-11,13,24H,1-3H2,(H,23,25)/b19-18-. The monoisotopic (exact) mass is 352 g/mol. The lowest BCUT2D eigenvalue weighted by atomic mass is 9.82. The van der Waals surface area contributed by atoms with Crippen molar-refractivity contribution in [2.75, 3.05) is 5.32 Å². The summed E-state index contributed by atoms with van der Waals surface area (Å²) in [5.74, 6) is -0.202. The van der Waals surface area contributed by atoms with Gasteiger partial charge < -0.3 is 15.2 Å². The van der Waals surface area contributed by atoms with Crippen LogP contribution in [0.2, 0.25) is 0 Å². The van der Waals surface area contributed by atoms with Gasteiger partial charge in [-0.25, -0.2) is 4.39 Å². The summed E-state index contributed by atoms with van der Waals surface area (Å²) in [6.45, 7) is 0. The van der Waals surface area contributed by atoms with E-state index in [4.69, 9.17) is 10.00 Å². The zero-order valence-electron chi connectivity index (χ0n) is 13.9. The number of amides is 1. The molecule has 0 atom stereocenters. The first kappa shape index (κ1) is 17.5. The fourth-order valence-corrected chi connectivity index (χ4v) is 2.55. The number of anilines is 1. The van der Waals surface area contributed by atoms with Crippen molar-refractivity contribution in [3.8, 4) is 17.6 Å². The number of carbonyl (C=O) groups excluding carboxylic acids is 1. The summed E-state index contributed by atoms with van der Waals surface area (Å²) in [5.41, 5.74) is 0.219. The minimum absolute atomic E-state index is 0.0955. The Morgan fingerprint density at radius 3 is 2.19 bits per heavy atom. The first-order valence-corrected chi connectivity index (χ1v) is 8.25. The Labute approximate surface area is 150 Å². The van der Waals surface area contributed by atoms with Crippen LogP contribution < -0.4 is 10.1 Å². The summed E-state index contributed by atoms with van der Waals surface area (Å²) in [4.78, 5) is 12.2. The third-order valence-electron chi connectivity index (χ3n) is 4.25. The summed E-state index contributed by atoms with van der Waals surface area (Å²) >= 11 is 0. The van der Waals surface area contributed by atoms with E-state index in [0.717, 1.165) is 19.3 Å². The molecule has 0 spiro atoms. The molecule has 2 N–H and O–H groups in total. The molecule has 1 amide bonds. The van der Waals surface area contributed by atoms with E-state index in [1.165, 1.54) is 24.3 Å². The molecule has 132 valence electrons. The van der Waals surface area contributed by atoms with Gasteiger partial charge in [0.05, 0.1) is 0 Å². The number of hydrogen-bond acceptors (Lipinski definition) is 4. The van der Waals surface area contributed by atoms with Gasteiger partial charge >= 0.3 is 0 Å². The zero-order chi connectivity index (χ0) is 18.5. The second-order valence-corrected chi connectivity index (χ2v) is 6.03. The minimum atomic E-state index is -0.635. The van der Waals surface area contributed by atoms with E-state index in [1.807, 2.05) is 0 Å². The molecule has 0 aliphatic heterocycles. The summed E-state index contributed by atoms with van der Waals surface area (Å²) in [6.07, 6.45) is 2.57. The van der Waals surface area contributed by atoms with Gasteiger partial charge in [0.15, 0.2) is 5.57 Å². The second-order valence-electron chi connectivity index (χ2n) is 6.03. The summed E-state index contributed by atoms with van der Waals surface area (Å²) in [5, 5.41) is 21.8. The number of aliphatic hydroxyl groups excluding tert-OH is 1. The number of nitrogens with one attached hydrogen (secondary N) is 1. The smallest absolute Gasteiger partial charge is 0.269 e. The number of halogens is 1. The number of carbonyl (C=O) groups is 1. The highest BCUT2D eigenvalue weighted by molar-refractivity contribution is 6.06. The Balaban J connectivity index is 1.66. The fraction of sp³-hybridized carbons (Fsp3) is 0.200. The average molecular weight is 352 g/mol. The maximum atomic E-state index is 12.9.